The Labute approximate surface area is 106 Å². The molecule has 1 aromatic carbocycles. The van der Waals surface area contributed by atoms with Crippen molar-refractivity contribution in [2.45, 2.75) is 6.67 Å². The van der Waals surface area contributed by atoms with Gasteiger partial charge in [-0.2, -0.15) is 0 Å². The average Bonchev–Trinajstić information content (AvgIpc) is 3.06. The van der Waals surface area contributed by atoms with Crippen LogP contribution in [0.3, 0.4) is 0 Å². The van der Waals surface area contributed by atoms with Gasteiger partial charge in [0.25, 0.3) is 0 Å². The molecule has 0 aliphatic carbocycles. The highest BCUT2D eigenvalue weighted by Crippen LogP contribution is 2.42. The highest BCUT2D eigenvalue weighted by Gasteiger charge is 2.23. The summed E-state index contributed by atoms with van der Waals surface area (Å²) in [6.45, 7) is -0.644. The van der Waals surface area contributed by atoms with Crippen molar-refractivity contribution in [2.24, 2.45) is 0 Å². The molecule has 0 saturated heterocycles. The van der Waals surface area contributed by atoms with Crippen LogP contribution in [0.2, 0.25) is 0 Å². The Morgan fingerprint density at radius 3 is 2.89 bits per heavy atom. The van der Waals surface area contributed by atoms with Crippen molar-refractivity contribution in [3.63, 3.8) is 0 Å². The number of fused-ring (bicyclic) bond motifs is 1. The summed E-state index contributed by atoms with van der Waals surface area (Å²) >= 11 is 0. The van der Waals surface area contributed by atoms with E-state index in [0.717, 1.165) is 0 Å². The van der Waals surface area contributed by atoms with E-state index in [1.54, 1.807) is 0 Å². The highest BCUT2D eigenvalue weighted by molar-refractivity contribution is 5.86. The van der Waals surface area contributed by atoms with Gasteiger partial charge in [-0.25, -0.2) is 9.18 Å². The number of aromatic carboxylic acids is 1. The molecule has 0 radical (unpaired) electrons. The van der Waals surface area contributed by atoms with Crippen LogP contribution in [0.5, 0.6) is 11.5 Å². The molecule has 0 amide bonds. The van der Waals surface area contributed by atoms with Gasteiger partial charge in [0, 0.05) is 6.07 Å². The summed E-state index contributed by atoms with van der Waals surface area (Å²) in [5.74, 6) is -0.713. The molecule has 1 aliphatic rings. The number of benzene rings is 1. The van der Waals surface area contributed by atoms with Crippen LogP contribution in [-0.4, -0.2) is 23.0 Å². The molecule has 0 fully saturated rings. The molecule has 0 atom stereocenters. The lowest BCUT2D eigenvalue weighted by molar-refractivity contribution is 0.0652. The third-order valence-electron chi connectivity index (χ3n) is 2.68. The second kappa shape index (κ2) is 4.27. The number of hydrogen-bond acceptors (Lipinski definition) is 5. The predicted octanol–water partition coefficient (Wildman–Crippen LogP) is 2.24. The van der Waals surface area contributed by atoms with Crippen LogP contribution in [0.1, 0.15) is 16.1 Å². The summed E-state index contributed by atoms with van der Waals surface area (Å²) in [4.78, 5) is 10.8. The summed E-state index contributed by atoms with van der Waals surface area (Å²) in [7, 11) is 0. The molecule has 6 nitrogen and oxygen atoms in total. The smallest absolute Gasteiger partial charge is 0.374 e. The highest BCUT2D eigenvalue weighted by atomic mass is 19.1. The number of carbonyl (C=O) groups is 1. The zero-order chi connectivity index (χ0) is 13.4. The van der Waals surface area contributed by atoms with Crippen LogP contribution >= 0.6 is 0 Å². The molecule has 1 aliphatic heterocycles. The van der Waals surface area contributed by atoms with Crippen molar-refractivity contribution in [1.29, 1.82) is 0 Å². The zero-order valence-corrected chi connectivity index (χ0v) is 9.55. The normalized spacial score (nSPS) is 12.7. The number of carboxylic acids is 1. The standard InChI is InChI=1S/C12H8FNO5/c13-4-6-1-7(11-9(2-6)17-5-18-11)8-3-10(12(15)16)19-14-8/h1-3H,4-5H2,(H,15,16). The fraction of sp³-hybridized carbons (Fsp3) is 0.167. The molecule has 19 heavy (non-hydrogen) atoms. The number of ether oxygens (including phenoxy) is 2. The van der Waals surface area contributed by atoms with Gasteiger partial charge < -0.3 is 19.1 Å². The number of carboxylic acid groups (broad SMARTS) is 1. The Hall–Kier alpha value is -2.57. The number of nitrogens with zero attached hydrogens (tertiary/aromatic N) is 1. The number of aromatic nitrogens is 1. The van der Waals surface area contributed by atoms with E-state index in [1.807, 2.05) is 0 Å². The van der Waals surface area contributed by atoms with Crippen molar-refractivity contribution >= 4 is 5.97 Å². The van der Waals surface area contributed by atoms with Gasteiger partial charge in [-0.3, -0.25) is 0 Å². The summed E-state index contributed by atoms with van der Waals surface area (Å²) in [6.07, 6.45) is 0. The van der Waals surface area contributed by atoms with Crippen LogP contribution in [0.25, 0.3) is 11.3 Å². The van der Waals surface area contributed by atoms with Crippen LogP contribution in [0.4, 0.5) is 4.39 Å². The first-order valence-electron chi connectivity index (χ1n) is 5.38. The molecule has 2 aromatic rings. The molecular formula is C12H8FNO5. The van der Waals surface area contributed by atoms with Crippen molar-refractivity contribution < 1.29 is 28.3 Å². The second-order valence-electron chi connectivity index (χ2n) is 3.89. The van der Waals surface area contributed by atoms with Gasteiger partial charge in [-0.05, 0) is 17.7 Å². The van der Waals surface area contributed by atoms with E-state index >= 15 is 0 Å². The Balaban J connectivity index is 2.13. The first-order chi connectivity index (χ1) is 9.19. The Kier molecular flexibility index (Phi) is 2.59. The van der Waals surface area contributed by atoms with E-state index in [-0.39, 0.29) is 18.2 Å². The van der Waals surface area contributed by atoms with Crippen LogP contribution in [-0.2, 0) is 6.67 Å². The van der Waals surface area contributed by atoms with E-state index < -0.39 is 12.6 Å². The van der Waals surface area contributed by atoms with Gasteiger partial charge in [0.1, 0.15) is 12.4 Å². The third-order valence-corrected chi connectivity index (χ3v) is 2.68. The fourth-order valence-electron chi connectivity index (χ4n) is 1.84. The first kappa shape index (κ1) is 11.5. The maximum absolute atomic E-state index is 12.8. The molecule has 2 heterocycles. The molecule has 0 spiro atoms. The molecule has 0 unspecified atom stereocenters. The lowest BCUT2D eigenvalue weighted by Gasteiger charge is -2.04. The van der Waals surface area contributed by atoms with Crippen LogP contribution in [0, 0.1) is 0 Å². The monoisotopic (exact) mass is 265 g/mol. The van der Waals surface area contributed by atoms with Gasteiger partial charge in [0.05, 0.1) is 5.56 Å². The molecule has 7 heteroatoms. The molecule has 0 bridgehead atoms. The predicted molar refractivity (Wildman–Crippen MR) is 59.8 cm³/mol. The fourth-order valence-corrected chi connectivity index (χ4v) is 1.84. The minimum absolute atomic E-state index is 0.0295. The van der Waals surface area contributed by atoms with Gasteiger partial charge in [-0.1, -0.05) is 5.16 Å². The molecule has 1 N–H and O–H groups in total. The number of alkyl halides is 1. The van der Waals surface area contributed by atoms with Crippen LogP contribution < -0.4 is 9.47 Å². The lowest BCUT2D eigenvalue weighted by atomic mass is 10.1. The largest absolute Gasteiger partial charge is 0.475 e. The third kappa shape index (κ3) is 1.88. The summed E-state index contributed by atoms with van der Waals surface area (Å²) in [5.41, 5.74) is 1.09. The molecule has 1 aromatic heterocycles. The van der Waals surface area contributed by atoms with E-state index in [0.29, 0.717) is 22.6 Å². The van der Waals surface area contributed by atoms with E-state index in [1.165, 1.54) is 18.2 Å². The quantitative estimate of drug-likeness (QED) is 0.916. The SMILES string of the molecule is O=C(O)c1cc(-c2cc(CF)cc3c2OCO3)no1. The first-order valence-corrected chi connectivity index (χ1v) is 5.38. The van der Waals surface area contributed by atoms with Crippen molar-refractivity contribution in [3.05, 3.63) is 29.5 Å². The minimum Gasteiger partial charge on any atom is -0.475 e. The minimum atomic E-state index is -1.23. The van der Waals surface area contributed by atoms with Gasteiger partial charge in [0.15, 0.2) is 11.5 Å². The van der Waals surface area contributed by atoms with Crippen molar-refractivity contribution in [3.8, 4) is 22.8 Å². The van der Waals surface area contributed by atoms with Gasteiger partial charge >= 0.3 is 5.97 Å². The summed E-state index contributed by atoms with van der Waals surface area (Å²) < 4.78 is 27.9. The topological polar surface area (TPSA) is 81.8 Å². The maximum atomic E-state index is 12.8. The molecule has 0 saturated carbocycles. The van der Waals surface area contributed by atoms with Crippen molar-refractivity contribution in [1.82, 2.24) is 5.16 Å². The number of rotatable bonds is 3. The van der Waals surface area contributed by atoms with Gasteiger partial charge in [0.2, 0.25) is 12.6 Å². The zero-order valence-electron chi connectivity index (χ0n) is 9.55. The van der Waals surface area contributed by atoms with Gasteiger partial charge in [-0.15, -0.1) is 0 Å². The lowest BCUT2D eigenvalue weighted by Crippen LogP contribution is -1.93. The Bertz CT molecular complexity index is 652. The molecule has 3 rings (SSSR count). The molecule has 98 valence electrons. The second-order valence-corrected chi connectivity index (χ2v) is 3.89. The summed E-state index contributed by atoms with van der Waals surface area (Å²) in [6, 6.07) is 4.31. The van der Waals surface area contributed by atoms with E-state index in [2.05, 4.69) is 9.68 Å². The Morgan fingerprint density at radius 1 is 1.37 bits per heavy atom. The van der Waals surface area contributed by atoms with E-state index in [9.17, 15) is 9.18 Å². The number of halogens is 1. The Morgan fingerprint density at radius 2 is 2.21 bits per heavy atom. The van der Waals surface area contributed by atoms with Crippen LogP contribution in [0.15, 0.2) is 22.7 Å². The van der Waals surface area contributed by atoms with E-state index in [4.69, 9.17) is 14.6 Å². The average molecular weight is 265 g/mol. The molecular weight excluding hydrogens is 257 g/mol. The van der Waals surface area contributed by atoms with Crippen molar-refractivity contribution in [2.75, 3.05) is 6.79 Å². The summed E-state index contributed by atoms with van der Waals surface area (Å²) in [5, 5.41) is 12.4. The maximum Gasteiger partial charge on any atom is 0.374 e. The number of hydrogen-bond donors (Lipinski definition) is 1.